The summed E-state index contributed by atoms with van der Waals surface area (Å²) in [4.78, 5) is 2.40. The number of fused-ring (bicyclic) bond motifs is 1. The molecule has 4 heteroatoms. The summed E-state index contributed by atoms with van der Waals surface area (Å²) in [7, 11) is 3.92. The average molecular weight is 278 g/mol. The van der Waals surface area contributed by atoms with E-state index in [9.17, 15) is 0 Å². The highest BCUT2D eigenvalue weighted by Gasteiger charge is 2.21. The van der Waals surface area contributed by atoms with Gasteiger partial charge in [-0.25, -0.2) is 0 Å². The standard InChI is InChI=1S/C16H26N2O2/c1-18(10-8-17-9-12-19-2)13-14-7-11-20-16-6-4-3-5-15(14)16/h3-6,14,17H,7-13H2,1-2H3. The van der Waals surface area contributed by atoms with Gasteiger partial charge in [0.15, 0.2) is 0 Å². The Hall–Kier alpha value is -1.10. The Morgan fingerprint density at radius 3 is 3.05 bits per heavy atom. The Balaban J connectivity index is 1.76. The van der Waals surface area contributed by atoms with Crippen molar-refractivity contribution in [2.75, 3.05) is 53.6 Å². The molecule has 1 aromatic carbocycles. The fourth-order valence-electron chi connectivity index (χ4n) is 2.64. The maximum Gasteiger partial charge on any atom is 0.122 e. The molecule has 0 spiro atoms. The molecule has 112 valence electrons. The molecule has 2 rings (SSSR count). The lowest BCUT2D eigenvalue weighted by atomic mass is 9.93. The lowest BCUT2D eigenvalue weighted by Gasteiger charge is -2.29. The summed E-state index contributed by atoms with van der Waals surface area (Å²) in [6.45, 7) is 5.68. The van der Waals surface area contributed by atoms with Crippen LogP contribution in [-0.2, 0) is 4.74 Å². The summed E-state index contributed by atoms with van der Waals surface area (Å²) in [5, 5.41) is 3.38. The third-order valence-corrected chi connectivity index (χ3v) is 3.77. The normalized spacial score (nSPS) is 17.9. The summed E-state index contributed by atoms with van der Waals surface area (Å²) < 4.78 is 10.7. The molecule has 1 aliphatic rings. The highest BCUT2D eigenvalue weighted by atomic mass is 16.5. The number of rotatable bonds is 8. The largest absolute Gasteiger partial charge is 0.493 e. The van der Waals surface area contributed by atoms with Crippen LogP contribution in [0.25, 0.3) is 0 Å². The van der Waals surface area contributed by atoms with Gasteiger partial charge in [0.05, 0.1) is 13.2 Å². The van der Waals surface area contributed by atoms with Crippen LogP contribution in [-0.4, -0.2) is 58.5 Å². The average Bonchev–Trinajstić information content (AvgIpc) is 2.47. The van der Waals surface area contributed by atoms with Gasteiger partial charge in [-0.15, -0.1) is 0 Å². The predicted molar refractivity (Wildman–Crippen MR) is 81.5 cm³/mol. The summed E-state index contributed by atoms with van der Waals surface area (Å²) in [5.41, 5.74) is 1.36. The fourth-order valence-corrected chi connectivity index (χ4v) is 2.64. The molecular formula is C16H26N2O2. The van der Waals surface area contributed by atoms with Gasteiger partial charge in [0, 0.05) is 39.2 Å². The summed E-state index contributed by atoms with van der Waals surface area (Å²) in [6.07, 6.45) is 1.11. The van der Waals surface area contributed by atoms with E-state index in [1.807, 2.05) is 6.07 Å². The molecule has 1 unspecified atom stereocenters. The molecule has 0 radical (unpaired) electrons. The van der Waals surface area contributed by atoms with Crippen molar-refractivity contribution in [1.29, 1.82) is 0 Å². The van der Waals surface area contributed by atoms with E-state index in [4.69, 9.17) is 9.47 Å². The third kappa shape index (κ3) is 4.47. The Morgan fingerprint density at radius 1 is 1.35 bits per heavy atom. The molecule has 0 amide bonds. The van der Waals surface area contributed by atoms with Crippen molar-refractivity contribution in [3.8, 4) is 5.75 Å². The van der Waals surface area contributed by atoms with Crippen LogP contribution in [0.3, 0.4) is 0 Å². The molecule has 0 fully saturated rings. The predicted octanol–water partition coefficient (Wildman–Crippen LogP) is 1.72. The van der Waals surface area contributed by atoms with E-state index in [0.29, 0.717) is 5.92 Å². The number of nitrogens with zero attached hydrogens (tertiary/aromatic N) is 1. The number of para-hydroxylation sites is 1. The molecule has 0 saturated carbocycles. The summed E-state index contributed by atoms with van der Waals surface area (Å²) in [5.74, 6) is 1.65. The Bertz CT molecular complexity index is 398. The van der Waals surface area contributed by atoms with Crippen molar-refractivity contribution in [3.63, 3.8) is 0 Å². The fraction of sp³-hybridized carbons (Fsp3) is 0.625. The molecule has 0 saturated heterocycles. The van der Waals surface area contributed by atoms with Gasteiger partial charge in [0.2, 0.25) is 0 Å². The first-order valence-electron chi connectivity index (χ1n) is 7.41. The molecule has 1 aliphatic heterocycles. The second-order valence-corrected chi connectivity index (χ2v) is 5.38. The van der Waals surface area contributed by atoms with Crippen LogP contribution in [0.5, 0.6) is 5.75 Å². The molecule has 0 aliphatic carbocycles. The number of ether oxygens (including phenoxy) is 2. The van der Waals surface area contributed by atoms with Crippen LogP contribution in [0, 0.1) is 0 Å². The number of nitrogens with one attached hydrogen (secondary N) is 1. The van der Waals surface area contributed by atoms with Gasteiger partial charge in [-0.2, -0.15) is 0 Å². The van der Waals surface area contributed by atoms with E-state index in [1.54, 1.807) is 7.11 Å². The first-order valence-corrected chi connectivity index (χ1v) is 7.41. The molecule has 1 atom stereocenters. The number of likely N-dealkylation sites (N-methyl/N-ethyl adjacent to an activating group) is 1. The van der Waals surface area contributed by atoms with Gasteiger partial charge in [0.1, 0.15) is 5.75 Å². The zero-order valence-corrected chi connectivity index (χ0v) is 12.6. The van der Waals surface area contributed by atoms with Crippen LogP contribution in [0.15, 0.2) is 24.3 Å². The maximum atomic E-state index is 5.72. The van der Waals surface area contributed by atoms with Gasteiger partial charge < -0.3 is 19.7 Å². The van der Waals surface area contributed by atoms with Crippen molar-refractivity contribution in [1.82, 2.24) is 10.2 Å². The summed E-state index contributed by atoms with van der Waals surface area (Å²) >= 11 is 0. The number of hydrogen-bond donors (Lipinski definition) is 1. The Morgan fingerprint density at radius 2 is 2.20 bits per heavy atom. The van der Waals surface area contributed by atoms with E-state index in [2.05, 4.69) is 35.5 Å². The van der Waals surface area contributed by atoms with Gasteiger partial charge >= 0.3 is 0 Å². The van der Waals surface area contributed by atoms with Crippen molar-refractivity contribution in [2.45, 2.75) is 12.3 Å². The molecule has 1 N–H and O–H groups in total. The zero-order valence-electron chi connectivity index (χ0n) is 12.6. The van der Waals surface area contributed by atoms with Crippen LogP contribution in [0.1, 0.15) is 17.9 Å². The second kappa shape index (κ2) is 8.25. The van der Waals surface area contributed by atoms with E-state index in [1.165, 1.54) is 5.56 Å². The highest BCUT2D eigenvalue weighted by molar-refractivity contribution is 5.37. The van der Waals surface area contributed by atoms with Crippen molar-refractivity contribution in [3.05, 3.63) is 29.8 Å². The van der Waals surface area contributed by atoms with E-state index in [0.717, 1.165) is 51.6 Å². The lowest BCUT2D eigenvalue weighted by Crippen LogP contribution is -2.34. The van der Waals surface area contributed by atoms with Crippen molar-refractivity contribution in [2.24, 2.45) is 0 Å². The number of hydrogen-bond acceptors (Lipinski definition) is 4. The molecule has 0 bridgehead atoms. The van der Waals surface area contributed by atoms with Gasteiger partial charge in [0.25, 0.3) is 0 Å². The molecular weight excluding hydrogens is 252 g/mol. The molecule has 4 nitrogen and oxygen atoms in total. The Kier molecular flexibility index (Phi) is 6.30. The number of methoxy groups -OCH3 is 1. The van der Waals surface area contributed by atoms with Crippen LogP contribution in [0.2, 0.25) is 0 Å². The number of benzene rings is 1. The summed E-state index contributed by atoms with van der Waals surface area (Å²) in [6, 6.07) is 8.43. The third-order valence-electron chi connectivity index (χ3n) is 3.77. The quantitative estimate of drug-likeness (QED) is 0.734. The SMILES string of the molecule is COCCNCCN(C)CC1CCOc2ccccc21. The molecule has 1 aromatic rings. The first-order chi connectivity index (χ1) is 9.81. The van der Waals surface area contributed by atoms with Crippen LogP contribution < -0.4 is 10.1 Å². The second-order valence-electron chi connectivity index (χ2n) is 5.38. The lowest BCUT2D eigenvalue weighted by molar-refractivity contribution is 0.196. The van der Waals surface area contributed by atoms with Crippen molar-refractivity contribution < 1.29 is 9.47 Å². The van der Waals surface area contributed by atoms with Crippen molar-refractivity contribution >= 4 is 0 Å². The van der Waals surface area contributed by atoms with E-state index >= 15 is 0 Å². The minimum Gasteiger partial charge on any atom is -0.493 e. The molecule has 1 heterocycles. The van der Waals surface area contributed by atoms with E-state index in [-0.39, 0.29) is 0 Å². The van der Waals surface area contributed by atoms with Crippen LogP contribution >= 0.6 is 0 Å². The van der Waals surface area contributed by atoms with Gasteiger partial charge in [-0.3, -0.25) is 0 Å². The minimum atomic E-state index is 0.587. The van der Waals surface area contributed by atoms with Crippen LogP contribution in [0.4, 0.5) is 0 Å². The highest BCUT2D eigenvalue weighted by Crippen LogP contribution is 2.33. The zero-order chi connectivity index (χ0) is 14.2. The minimum absolute atomic E-state index is 0.587. The first kappa shape index (κ1) is 15.3. The monoisotopic (exact) mass is 278 g/mol. The van der Waals surface area contributed by atoms with Gasteiger partial charge in [-0.05, 0) is 25.1 Å². The molecule has 0 aromatic heterocycles. The molecule has 20 heavy (non-hydrogen) atoms. The Labute approximate surface area is 122 Å². The van der Waals surface area contributed by atoms with E-state index < -0.39 is 0 Å². The maximum absolute atomic E-state index is 5.72. The smallest absolute Gasteiger partial charge is 0.122 e. The topological polar surface area (TPSA) is 33.7 Å². The van der Waals surface area contributed by atoms with Gasteiger partial charge in [-0.1, -0.05) is 18.2 Å².